The zero-order valence-electron chi connectivity index (χ0n) is 14.2. The number of morpholine rings is 1. The van der Waals surface area contributed by atoms with Crippen molar-refractivity contribution in [2.45, 2.75) is 58.8 Å². The minimum Gasteiger partial charge on any atom is -0.373 e. The molecule has 5 nitrogen and oxygen atoms in total. The SMILES string of the molecule is CCC(C)NC(=NC)NCCCN1CC(C)OC(C)C1.I. The van der Waals surface area contributed by atoms with E-state index in [4.69, 9.17) is 4.74 Å². The molecule has 1 fully saturated rings. The van der Waals surface area contributed by atoms with Crippen LogP contribution in [0.15, 0.2) is 4.99 Å². The average Bonchev–Trinajstić information content (AvgIpc) is 2.40. The van der Waals surface area contributed by atoms with Crippen molar-refractivity contribution < 1.29 is 4.74 Å². The van der Waals surface area contributed by atoms with Crippen LogP contribution in [0.2, 0.25) is 0 Å². The fourth-order valence-electron chi connectivity index (χ4n) is 2.51. The Labute approximate surface area is 147 Å². The number of halogens is 1. The fraction of sp³-hybridized carbons (Fsp3) is 0.933. The van der Waals surface area contributed by atoms with Crippen molar-refractivity contribution in [2.24, 2.45) is 4.99 Å². The van der Waals surface area contributed by atoms with Crippen molar-refractivity contribution in [1.82, 2.24) is 15.5 Å². The van der Waals surface area contributed by atoms with Gasteiger partial charge < -0.3 is 15.4 Å². The summed E-state index contributed by atoms with van der Waals surface area (Å²) in [6.07, 6.45) is 2.93. The van der Waals surface area contributed by atoms with Gasteiger partial charge in [0.1, 0.15) is 0 Å². The lowest BCUT2D eigenvalue weighted by Crippen LogP contribution is -2.46. The molecule has 0 saturated carbocycles. The Hall–Kier alpha value is -0.0800. The summed E-state index contributed by atoms with van der Waals surface area (Å²) in [5, 5.41) is 6.75. The van der Waals surface area contributed by atoms with Crippen molar-refractivity contribution in [3.63, 3.8) is 0 Å². The van der Waals surface area contributed by atoms with E-state index in [1.807, 2.05) is 7.05 Å². The predicted octanol–water partition coefficient (Wildman–Crippen LogP) is 2.07. The summed E-state index contributed by atoms with van der Waals surface area (Å²) in [5.41, 5.74) is 0. The zero-order chi connectivity index (χ0) is 15.0. The summed E-state index contributed by atoms with van der Waals surface area (Å²) in [5.74, 6) is 0.906. The minimum absolute atomic E-state index is 0. The number of nitrogens with zero attached hydrogens (tertiary/aromatic N) is 2. The van der Waals surface area contributed by atoms with Crippen LogP contribution in [0.3, 0.4) is 0 Å². The van der Waals surface area contributed by atoms with Gasteiger partial charge in [0.25, 0.3) is 0 Å². The smallest absolute Gasteiger partial charge is 0.191 e. The second-order valence-electron chi connectivity index (χ2n) is 5.82. The third-order valence-electron chi connectivity index (χ3n) is 3.66. The van der Waals surface area contributed by atoms with Gasteiger partial charge in [0.15, 0.2) is 5.96 Å². The molecular weight excluding hydrogens is 379 g/mol. The Morgan fingerprint density at radius 1 is 1.33 bits per heavy atom. The van der Waals surface area contributed by atoms with Crippen LogP contribution < -0.4 is 10.6 Å². The van der Waals surface area contributed by atoms with Gasteiger partial charge >= 0.3 is 0 Å². The molecule has 3 atom stereocenters. The molecule has 0 aliphatic carbocycles. The van der Waals surface area contributed by atoms with Gasteiger partial charge in [-0.25, -0.2) is 0 Å². The quantitative estimate of drug-likeness (QED) is 0.304. The number of nitrogens with one attached hydrogen (secondary N) is 2. The molecule has 3 unspecified atom stereocenters. The molecule has 21 heavy (non-hydrogen) atoms. The summed E-state index contributed by atoms with van der Waals surface area (Å²) >= 11 is 0. The van der Waals surface area contributed by atoms with E-state index in [0.29, 0.717) is 18.2 Å². The summed E-state index contributed by atoms with van der Waals surface area (Å²) in [6.45, 7) is 12.8. The molecule has 0 spiro atoms. The zero-order valence-corrected chi connectivity index (χ0v) is 16.5. The second kappa shape index (κ2) is 11.5. The maximum absolute atomic E-state index is 5.75. The van der Waals surface area contributed by atoms with Crippen LogP contribution in [0.1, 0.15) is 40.5 Å². The molecule has 0 aromatic carbocycles. The molecule has 1 saturated heterocycles. The first kappa shape index (κ1) is 20.9. The molecule has 126 valence electrons. The maximum Gasteiger partial charge on any atom is 0.191 e. The first-order valence-corrected chi connectivity index (χ1v) is 7.90. The highest BCUT2D eigenvalue weighted by atomic mass is 127. The van der Waals surface area contributed by atoms with E-state index in [2.05, 4.69) is 48.2 Å². The van der Waals surface area contributed by atoms with Crippen LogP contribution in [0.5, 0.6) is 0 Å². The molecule has 0 aromatic heterocycles. The van der Waals surface area contributed by atoms with Gasteiger partial charge in [-0.2, -0.15) is 0 Å². The van der Waals surface area contributed by atoms with Gasteiger partial charge in [-0.3, -0.25) is 9.89 Å². The Morgan fingerprint density at radius 3 is 2.48 bits per heavy atom. The monoisotopic (exact) mass is 412 g/mol. The van der Waals surface area contributed by atoms with Gasteiger partial charge in [0.2, 0.25) is 0 Å². The van der Waals surface area contributed by atoms with Gasteiger partial charge in [0.05, 0.1) is 12.2 Å². The second-order valence-corrected chi connectivity index (χ2v) is 5.82. The third kappa shape index (κ3) is 8.83. The standard InChI is InChI=1S/C15H32N4O.HI/c1-6-12(2)18-15(16-5)17-8-7-9-19-10-13(3)20-14(4)11-19;/h12-14H,6-11H2,1-5H3,(H2,16,17,18);1H. The highest BCUT2D eigenvalue weighted by Gasteiger charge is 2.21. The number of hydrogen-bond donors (Lipinski definition) is 2. The van der Waals surface area contributed by atoms with E-state index in [-0.39, 0.29) is 24.0 Å². The summed E-state index contributed by atoms with van der Waals surface area (Å²) < 4.78 is 5.75. The lowest BCUT2D eigenvalue weighted by atomic mass is 10.2. The normalized spacial score (nSPS) is 25.1. The molecule has 1 aliphatic rings. The Kier molecular flexibility index (Phi) is 11.4. The largest absolute Gasteiger partial charge is 0.373 e. The van der Waals surface area contributed by atoms with Crippen LogP contribution >= 0.6 is 24.0 Å². The van der Waals surface area contributed by atoms with Crippen LogP contribution in [0.25, 0.3) is 0 Å². The van der Waals surface area contributed by atoms with Gasteiger partial charge in [-0.15, -0.1) is 24.0 Å². The number of ether oxygens (including phenoxy) is 1. The third-order valence-corrected chi connectivity index (χ3v) is 3.66. The number of hydrogen-bond acceptors (Lipinski definition) is 3. The van der Waals surface area contributed by atoms with E-state index in [0.717, 1.165) is 45.0 Å². The summed E-state index contributed by atoms with van der Waals surface area (Å²) in [4.78, 5) is 6.74. The van der Waals surface area contributed by atoms with Crippen molar-refractivity contribution in [3.8, 4) is 0 Å². The lowest BCUT2D eigenvalue weighted by molar-refractivity contribution is -0.0679. The van der Waals surface area contributed by atoms with Crippen LogP contribution in [0.4, 0.5) is 0 Å². The first-order valence-electron chi connectivity index (χ1n) is 7.90. The van der Waals surface area contributed by atoms with E-state index >= 15 is 0 Å². The first-order chi connectivity index (χ1) is 9.55. The van der Waals surface area contributed by atoms with E-state index in [1.165, 1.54) is 0 Å². The molecule has 0 radical (unpaired) electrons. The molecule has 0 bridgehead atoms. The number of guanidine groups is 1. The minimum atomic E-state index is 0. The van der Waals surface area contributed by atoms with E-state index in [9.17, 15) is 0 Å². The fourth-order valence-corrected chi connectivity index (χ4v) is 2.51. The Bertz CT molecular complexity index is 291. The van der Waals surface area contributed by atoms with Gasteiger partial charge in [0, 0.05) is 39.3 Å². The molecule has 1 heterocycles. The maximum atomic E-state index is 5.75. The van der Waals surface area contributed by atoms with Gasteiger partial charge in [-0.1, -0.05) is 6.92 Å². The molecule has 0 amide bonds. The van der Waals surface area contributed by atoms with Crippen molar-refractivity contribution in [1.29, 1.82) is 0 Å². The Balaban J connectivity index is 0.00000400. The molecule has 6 heteroatoms. The van der Waals surface area contributed by atoms with Crippen LogP contribution in [-0.4, -0.2) is 62.3 Å². The van der Waals surface area contributed by atoms with Gasteiger partial charge in [-0.05, 0) is 33.6 Å². The summed E-state index contributed by atoms with van der Waals surface area (Å²) in [7, 11) is 1.82. The van der Waals surface area contributed by atoms with E-state index < -0.39 is 0 Å². The number of rotatable bonds is 6. The molecular formula is C15H33IN4O. The Morgan fingerprint density at radius 2 is 1.95 bits per heavy atom. The molecule has 0 aromatic rings. The average molecular weight is 412 g/mol. The highest BCUT2D eigenvalue weighted by Crippen LogP contribution is 2.10. The predicted molar refractivity (Wildman–Crippen MR) is 101 cm³/mol. The van der Waals surface area contributed by atoms with Crippen molar-refractivity contribution >= 4 is 29.9 Å². The van der Waals surface area contributed by atoms with Crippen molar-refractivity contribution in [2.75, 3.05) is 33.2 Å². The number of aliphatic imine (C=N–C) groups is 1. The van der Waals surface area contributed by atoms with Crippen molar-refractivity contribution in [3.05, 3.63) is 0 Å². The highest BCUT2D eigenvalue weighted by molar-refractivity contribution is 14.0. The molecule has 2 N–H and O–H groups in total. The van der Waals surface area contributed by atoms with Crippen LogP contribution in [-0.2, 0) is 4.74 Å². The van der Waals surface area contributed by atoms with Crippen LogP contribution in [0, 0.1) is 0 Å². The van der Waals surface area contributed by atoms with E-state index in [1.54, 1.807) is 0 Å². The topological polar surface area (TPSA) is 48.9 Å². The molecule has 1 rings (SSSR count). The molecule has 1 aliphatic heterocycles. The summed E-state index contributed by atoms with van der Waals surface area (Å²) in [6, 6.07) is 0.460. The lowest BCUT2D eigenvalue weighted by Gasteiger charge is -2.35.